The highest BCUT2D eigenvalue weighted by Gasteiger charge is 2.00. The van der Waals surface area contributed by atoms with E-state index in [4.69, 9.17) is 11.8 Å². The summed E-state index contributed by atoms with van der Waals surface area (Å²) in [5.74, 6) is 0. The first-order valence-corrected chi connectivity index (χ1v) is 12.0. The van der Waals surface area contributed by atoms with Gasteiger partial charge in [-0.05, 0) is 32.0 Å². The number of hydrogen-bond acceptors (Lipinski definition) is 1. The van der Waals surface area contributed by atoms with Gasteiger partial charge in [-0.15, -0.1) is 0 Å². The Kier molecular flexibility index (Phi) is 13.1. The summed E-state index contributed by atoms with van der Waals surface area (Å²) in [6.45, 7) is 6.84. The molecular formula is C16H35PS. The fourth-order valence-electron chi connectivity index (χ4n) is 2.33. The smallest absolute Gasteiger partial charge is 0.0240 e. The summed E-state index contributed by atoms with van der Waals surface area (Å²) >= 11 is 5.47. The lowest BCUT2D eigenvalue weighted by Crippen LogP contribution is -1.87. The van der Waals surface area contributed by atoms with Crippen LogP contribution in [0.25, 0.3) is 0 Å². The molecule has 0 aliphatic heterocycles. The molecule has 0 N–H and O–H groups in total. The van der Waals surface area contributed by atoms with Crippen LogP contribution >= 0.6 is 6.04 Å². The van der Waals surface area contributed by atoms with E-state index in [0.29, 0.717) is 0 Å². The Bertz CT molecular complexity index is 207. The van der Waals surface area contributed by atoms with Crippen molar-refractivity contribution in [2.45, 2.75) is 84.0 Å². The molecule has 0 aromatic heterocycles. The van der Waals surface area contributed by atoms with Crippen LogP contribution in [0.1, 0.15) is 84.0 Å². The maximum Gasteiger partial charge on any atom is -0.0240 e. The second-order valence-corrected chi connectivity index (χ2v) is 12.7. The van der Waals surface area contributed by atoms with Crippen LogP contribution in [0, 0.1) is 0 Å². The van der Waals surface area contributed by atoms with Crippen LogP contribution < -0.4 is 0 Å². The molecule has 0 bridgehead atoms. The van der Waals surface area contributed by atoms with Crippen molar-refractivity contribution in [1.29, 1.82) is 0 Å². The summed E-state index contributed by atoms with van der Waals surface area (Å²) in [5, 5.41) is 0. The van der Waals surface area contributed by atoms with E-state index in [1.54, 1.807) is 0 Å². The normalized spacial score (nSPS) is 11.9. The summed E-state index contributed by atoms with van der Waals surface area (Å²) in [6, 6.07) is -0.912. The average molecular weight is 290 g/mol. The summed E-state index contributed by atoms with van der Waals surface area (Å²) < 4.78 is 0. The number of unbranched alkanes of at least 4 members (excludes halogenated alkanes) is 11. The monoisotopic (exact) mass is 290 g/mol. The first-order valence-electron chi connectivity index (χ1n) is 8.10. The molecule has 0 heterocycles. The van der Waals surface area contributed by atoms with Crippen molar-refractivity contribution >= 4 is 17.8 Å². The Morgan fingerprint density at radius 1 is 0.611 bits per heavy atom. The highest BCUT2D eigenvalue weighted by Crippen LogP contribution is 2.37. The van der Waals surface area contributed by atoms with Crippen LogP contribution in [0.5, 0.6) is 0 Å². The zero-order valence-corrected chi connectivity index (χ0v) is 14.8. The first-order chi connectivity index (χ1) is 8.56. The lowest BCUT2D eigenvalue weighted by Gasteiger charge is -2.09. The van der Waals surface area contributed by atoms with E-state index < -0.39 is 6.04 Å². The van der Waals surface area contributed by atoms with Gasteiger partial charge in [0, 0.05) is 0 Å². The molecule has 18 heavy (non-hydrogen) atoms. The Labute approximate surface area is 121 Å². The van der Waals surface area contributed by atoms with Gasteiger partial charge in [0.2, 0.25) is 0 Å². The Morgan fingerprint density at radius 3 is 1.28 bits per heavy atom. The molecule has 0 aromatic rings. The van der Waals surface area contributed by atoms with Crippen LogP contribution in [0.15, 0.2) is 0 Å². The molecule has 0 nitrogen and oxygen atoms in total. The Morgan fingerprint density at radius 2 is 0.944 bits per heavy atom. The first kappa shape index (κ1) is 18.7. The van der Waals surface area contributed by atoms with Gasteiger partial charge in [-0.2, -0.15) is 0 Å². The summed E-state index contributed by atoms with van der Waals surface area (Å²) in [4.78, 5) is 0. The minimum atomic E-state index is -0.912. The maximum absolute atomic E-state index is 5.47. The molecule has 0 aliphatic rings. The minimum Gasteiger partial charge on any atom is -0.0981 e. The molecule has 110 valence electrons. The summed E-state index contributed by atoms with van der Waals surface area (Å²) in [6.07, 6.45) is 18.6. The van der Waals surface area contributed by atoms with Crippen LogP contribution in [0.4, 0.5) is 0 Å². The van der Waals surface area contributed by atoms with Crippen LogP contribution in [0.3, 0.4) is 0 Å². The molecular weight excluding hydrogens is 255 g/mol. The van der Waals surface area contributed by atoms with Crippen molar-refractivity contribution in [3.8, 4) is 0 Å². The van der Waals surface area contributed by atoms with E-state index >= 15 is 0 Å². The number of hydrogen-bond donors (Lipinski definition) is 0. The van der Waals surface area contributed by atoms with E-state index in [-0.39, 0.29) is 0 Å². The third-order valence-electron chi connectivity index (χ3n) is 3.55. The van der Waals surface area contributed by atoms with Gasteiger partial charge in [0.15, 0.2) is 0 Å². The van der Waals surface area contributed by atoms with E-state index in [0.717, 1.165) is 0 Å². The molecule has 0 aromatic carbocycles. The molecule has 0 fully saturated rings. The standard InChI is InChI=1S/C16H35PS/c1-4-5-6-7-8-9-10-11-12-13-14-15-16-17(2,3)18/h4-16H2,1-3H3. The molecule has 0 aliphatic carbocycles. The molecule has 0 rings (SSSR count). The van der Waals surface area contributed by atoms with Crippen molar-refractivity contribution in [2.75, 3.05) is 19.5 Å². The van der Waals surface area contributed by atoms with Gasteiger partial charge in [-0.3, -0.25) is 0 Å². The predicted octanol–water partition coefficient (Wildman–Crippen LogP) is 6.43. The molecule has 0 unspecified atom stereocenters. The molecule has 0 radical (unpaired) electrons. The topological polar surface area (TPSA) is 0 Å². The fraction of sp³-hybridized carbons (Fsp3) is 1.00. The average Bonchev–Trinajstić information content (AvgIpc) is 2.29. The highest BCUT2D eigenvalue weighted by molar-refractivity contribution is 8.13. The third-order valence-corrected chi connectivity index (χ3v) is 5.49. The maximum atomic E-state index is 5.47. The predicted molar refractivity (Wildman–Crippen MR) is 92.1 cm³/mol. The quantitative estimate of drug-likeness (QED) is 0.278. The zero-order valence-electron chi connectivity index (χ0n) is 13.0. The molecule has 0 saturated heterocycles. The van der Waals surface area contributed by atoms with E-state index in [2.05, 4.69) is 20.3 Å². The van der Waals surface area contributed by atoms with Crippen LogP contribution in [-0.4, -0.2) is 19.5 Å². The molecule has 2 heteroatoms. The Hall–Kier alpha value is 0.650. The molecule has 0 spiro atoms. The molecule has 0 atom stereocenters. The summed E-state index contributed by atoms with van der Waals surface area (Å²) in [5.41, 5.74) is 0. The summed E-state index contributed by atoms with van der Waals surface area (Å²) in [7, 11) is 0. The van der Waals surface area contributed by atoms with Gasteiger partial charge in [0.05, 0.1) is 0 Å². The van der Waals surface area contributed by atoms with Gasteiger partial charge >= 0.3 is 0 Å². The number of rotatable bonds is 13. The van der Waals surface area contributed by atoms with Crippen molar-refractivity contribution in [1.82, 2.24) is 0 Å². The Balaban J connectivity index is 3.01. The lowest BCUT2D eigenvalue weighted by molar-refractivity contribution is 0.548. The van der Waals surface area contributed by atoms with Crippen molar-refractivity contribution in [2.24, 2.45) is 0 Å². The lowest BCUT2D eigenvalue weighted by atomic mass is 10.1. The van der Waals surface area contributed by atoms with Crippen molar-refractivity contribution in [3.63, 3.8) is 0 Å². The third kappa shape index (κ3) is 16.6. The highest BCUT2D eigenvalue weighted by atomic mass is 32.4. The second-order valence-electron chi connectivity index (χ2n) is 6.19. The van der Waals surface area contributed by atoms with Crippen molar-refractivity contribution < 1.29 is 0 Å². The van der Waals surface area contributed by atoms with E-state index in [1.165, 1.54) is 83.2 Å². The SMILES string of the molecule is CCCCCCCCCCCCCCP(C)(C)=S. The van der Waals surface area contributed by atoms with Gasteiger partial charge in [0.1, 0.15) is 0 Å². The molecule has 0 amide bonds. The van der Waals surface area contributed by atoms with Gasteiger partial charge in [-0.25, -0.2) is 0 Å². The van der Waals surface area contributed by atoms with Crippen LogP contribution in [-0.2, 0) is 11.8 Å². The van der Waals surface area contributed by atoms with E-state index in [9.17, 15) is 0 Å². The van der Waals surface area contributed by atoms with E-state index in [1.807, 2.05) is 0 Å². The van der Waals surface area contributed by atoms with Gasteiger partial charge < -0.3 is 0 Å². The second kappa shape index (κ2) is 12.7. The zero-order chi connectivity index (χ0) is 13.7. The van der Waals surface area contributed by atoms with Gasteiger partial charge in [-0.1, -0.05) is 89.4 Å². The van der Waals surface area contributed by atoms with Gasteiger partial charge in [0.25, 0.3) is 0 Å². The minimum absolute atomic E-state index is 0.912. The van der Waals surface area contributed by atoms with Crippen LogP contribution in [0.2, 0.25) is 0 Å². The van der Waals surface area contributed by atoms with Crippen molar-refractivity contribution in [3.05, 3.63) is 0 Å². The molecule has 0 saturated carbocycles. The largest absolute Gasteiger partial charge is 0.0981 e. The fourth-order valence-corrected chi connectivity index (χ4v) is 3.71.